The molecule has 0 aliphatic heterocycles. The molecule has 4 nitrogen and oxygen atoms in total. The van der Waals surface area contributed by atoms with Crippen LogP contribution in [0.25, 0.3) is 0 Å². The molecule has 1 rings (SSSR count). The Kier molecular flexibility index (Phi) is 4.97. The first-order valence-corrected chi connectivity index (χ1v) is 5.72. The van der Waals surface area contributed by atoms with Gasteiger partial charge in [-0.2, -0.15) is 0 Å². The molecule has 1 aromatic rings. The van der Waals surface area contributed by atoms with Gasteiger partial charge in [0.2, 0.25) is 5.91 Å². The third kappa shape index (κ3) is 4.44. The van der Waals surface area contributed by atoms with Gasteiger partial charge in [0.1, 0.15) is 5.75 Å². The van der Waals surface area contributed by atoms with E-state index < -0.39 is 0 Å². The van der Waals surface area contributed by atoms with E-state index in [0.29, 0.717) is 6.42 Å². The maximum atomic E-state index is 11.5. The third-order valence-electron chi connectivity index (χ3n) is 2.51. The Morgan fingerprint density at radius 1 is 1.29 bits per heavy atom. The number of carbonyl (C=O) groups excluding carboxylic acids is 1. The molecule has 0 radical (unpaired) electrons. The monoisotopic (exact) mass is 237 g/mol. The van der Waals surface area contributed by atoms with Crippen molar-refractivity contribution in [3.63, 3.8) is 0 Å². The molecule has 0 aliphatic carbocycles. The van der Waals surface area contributed by atoms with E-state index in [0.717, 1.165) is 5.56 Å². The van der Waals surface area contributed by atoms with Crippen molar-refractivity contribution in [1.29, 1.82) is 0 Å². The smallest absolute Gasteiger partial charge is 0.222 e. The van der Waals surface area contributed by atoms with E-state index in [1.807, 2.05) is 13.8 Å². The van der Waals surface area contributed by atoms with Crippen LogP contribution in [0.5, 0.6) is 5.75 Å². The second-order valence-electron chi connectivity index (χ2n) is 4.41. The second kappa shape index (κ2) is 6.25. The van der Waals surface area contributed by atoms with Gasteiger partial charge in [0.05, 0.1) is 12.6 Å². The minimum Gasteiger partial charge on any atom is -0.508 e. The Labute approximate surface area is 101 Å². The number of hydrogen-bond acceptors (Lipinski definition) is 3. The largest absolute Gasteiger partial charge is 0.508 e. The van der Waals surface area contributed by atoms with Gasteiger partial charge in [-0.15, -0.1) is 0 Å². The SMILES string of the molecule is CC(C)C(=O)N[C@H](CO)Cc1ccc(O)cc1. The van der Waals surface area contributed by atoms with Crippen LogP contribution in [-0.4, -0.2) is 28.8 Å². The molecule has 0 aliphatic rings. The van der Waals surface area contributed by atoms with Gasteiger partial charge in [-0.1, -0.05) is 26.0 Å². The minimum absolute atomic E-state index is 0.0668. The number of aliphatic hydroxyl groups excluding tert-OH is 1. The number of carbonyl (C=O) groups is 1. The third-order valence-corrected chi connectivity index (χ3v) is 2.51. The molecule has 1 aromatic carbocycles. The van der Waals surface area contributed by atoms with Gasteiger partial charge in [0.25, 0.3) is 0 Å². The molecule has 0 unspecified atom stereocenters. The zero-order valence-corrected chi connectivity index (χ0v) is 10.2. The van der Waals surface area contributed by atoms with Crippen LogP contribution in [0.15, 0.2) is 24.3 Å². The van der Waals surface area contributed by atoms with Gasteiger partial charge < -0.3 is 15.5 Å². The number of benzene rings is 1. The summed E-state index contributed by atoms with van der Waals surface area (Å²) >= 11 is 0. The summed E-state index contributed by atoms with van der Waals surface area (Å²) in [4.78, 5) is 11.5. The van der Waals surface area contributed by atoms with Crippen molar-refractivity contribution in [2.24, 2.45) is 5.92 Å². The fourth-order valence-electron chi connectivity index (χ4n) is 1.45. The summed E-state index contributed by atoms with van der Waals surface area (Å²) in [5.74, 6) is 0.0483. The minimum atomic E-state index is -0.283. The van der Waals surface area contributed by atoms with E-state index >= 15 is 0 Å². The predicted octanol–water partition coefficient (Wildman–Crippen LogP) is 1.07. The Morgan fingerprint density at radius 2 is 1.88 bits per heavy atom. The lowest BCUT2D eigenvalue weighted by Gasteiger charge is -2.17. The first-order valence-electron chi connectivity index (χ1n) is 5.72. The molecule has 4 heteroatoms. The summed E-state index contributed by atoms with van der Waals surface area (Å²) < 4.78 is 0. The summed E-state index contributed by atoms with van der Waals surface area (Å²) in [6.45, 7) is 3.52. The van der Waals surface area contributed by atoms with Gasteiger partial charge >= 0.3 is 0 Å². The van der Waals surface area contributed by atoms with Gasteiger partial charge in [-0.25, -0.2) is 0 Å². The van der Waals surface area contributed by atoms with E-state index in [9.17, 15) is 9.90 Å². The molecule has 3 N–H and O–H groups in total. The van der Waals surface area contributed by atoms with Crippen LogP contribution >= 0.6 is 0 Å². The highest BCUT2D eigenvalue weighted by molar-refractivity contribution is 5.78. The fraction of sp³-hybridized carbons (Fsp3) is 0.462. The molecule has 0 fully saturated rings. The molecule has 1 amide bonds. The summed E-state index contributed by atoms with van der Waals surface area (Å²) in [5, 5.41) is 21.1. The molecule has 17 heavy (non-hydrogen) atoms. The van der Waals surface area contributed by atoms with Crippen molar-refractivity contribution in [3.05, 3.63) is 29.8 Å². The number of aliphatic hydroxyl groups is 1. The van der Waals surface area contributed by atoms with Crippen LogP contribution in [0, 0.1) is 5.92 Å². The van der Waals surface area contributed by atoms with Crippen molar-refractivity contribution in [2.45, 2.75) is 26.3 Å². The summed E-state index contributed by atoms with van der Waals surface area (Å²) in [6, 6.07) is 6.45. The average molecular weight is 237 g/mol. The number of phenols is 1. The molecule has 0 saturated heterocycles. The number of hydrogen-bond donors (Lipinski definition) is 3. The predicted molar refractivity (Wildman–Crippen MR) is 65.7 cm³/mol. The molecule has 1 atom stereocenters. The molecule has 0 bridgehead atoms. The van der Waals surface area contributed by atoms with Gasteiger partial charge in [-0.05, 0) is 24.1 Å². The van der Waals surface area contributed by atoms with Crippen LogP contribution in [0.3, 0.4) is 0 Å². The van der Waals surface area contributed by atoms with Crippen LogP contribution in [0.1, 0.15) is 19.4 Å². The van der Waals surface area contributed by atoms with Crippen molar-refractivity contribution >= 4 is 5.91 Å². The van der Waals surface area contributed by atoms with Crippen LogP contribution in [0.2, 0.25) is 0 Å². The molecule has 0 saturated carbocycles. The normalized spacial score (nSPS) is 12.5. The van der Waals surface area contributed by atoms with E-state index in [1.165, 1.54) is 0 Å². The Hall–Kier alpha value is -1.55. The van der Waals surface area contributed by atoms with Crippen molar-refractivity contribution in [2.75, 3.05) is 6.61 Å². The van der Waals surface area contributed by atoms with E-state index in [4.69, 9.17) is 5.11 Å². The first kappa shape index (κ1) is 13.5. The van der Waals surface area contributed by atoms with Crippen LogP contribution in [0.4, 0.5) is 0 Å². The Bertz CT molecular complexity index is 359. The molecular weight excluding hydrogens is 218 g/mol. The van der Waals surface area contributed by atoms with E-state index in [-0.39, 0.29) is 30.2 Å². The molecule has 94 valence electrons. The fourth-order valence-corrected chi connectivity index (χ4v) is 1.45. The number of rotatable bonds is 5. The van der Waals surface area contributed by atoms with Crippen molar-refractivity contribution in [3.8, 4) is 5.75 Å². The second-order valence-corrected chi connectivity index (χ2v) is 4.41. The lowest BCUT2D eigenvalue weighted by molar-refractivity contribution is -0.125. The number of amides is 1. The van der Waals surface area contributed by atoms with Crippen molar-refractivity contribution in [1.82, 2.24) is 5.32 Å². The standard InChI is InChI=1S/C13H19NO3/c1-9(2)13(17)14-11(8-15)7-10-3-5-12(16)6-4-10/h3-6,9,11,15-16H,7-8H2,1-2H3,(H,14,17)/t11-/m0/s1. The number of aromatic hydroxyl groups is 1. The zero-order chi connectivity index (χ0) is 12.8. The van der Waals surface area contributed by atoms with Crippen LogP contribution in [-0.2, 0) is 11.2 Å². The van der Waals surface area contributed by atoms with Gasteiger partial charge in [0, 0.05) is 5.92 Å². The Balaban J connectivity index is 2.57. The van der Waals surface area contributed by atoms with Gasteiger partial charge in [-0.3, -0.25) is 4.79 Å². The molecular formula is C13H19NO3. The van der Waals surface area contributed by atoms with Crippen molar-refractivity contribution < 1.29 is 15.0 Å². The average Bonchev–Trinajstić information content (AvgIpc) is 2.30. The number of nitrogens with one attached hydrogen (secondary N) is 1. The molecule has 0 spiro atoms. The lowest BCUT2D eigenvalue weighted by Crippen LogP contribution is -2.41. The maximum absolute atomic E-state index is 11.5. The van der Waals surface area contributed by atoms with E-state index in [1.54, 1.807) is 24.3 Å². The zero-order valence-electron chi connectivity index (χ0n) is 10.2. The summed E-state index contributed by atoms with van der Waals surface area (Å²) in [5.41, 5.74) is 0.964. The maximum Gasteiger partial charge on any atom is 0.222 e. The highest BCUT2D eigenvalue weighted by atomic mass is 16.3. The molecule has 0 aromatic heterocycles. The van der Waals surface area contributed by atoms with Crippen LogP contribution < -0.4 is 5.32 Å². The highest BCUT2D eigenvalue weighted by Gasteiger charge is 2.14. The Morgan fingerprint density at radius 3 is 2.35 bits per heavy atom. The van der Waals surface area contributed by atoms with E-state index in [2.05, 4.69) is 5.32 Å². The summed E-state index contributed by atoms with van der Waals surface area (Å²) in [6.07, 6.45) is 0.551. The highest BCUT2D eigenvalue weighted by Crippen LogP contribution is 2.11. The first-order chi connectivity index (χ1) is 8.02. The number of phenolic OH excluding ortho intramolecular Hbond substituents is 1. The topological polar surface area (TPSA) is 69.6 Å². The van der Waals surface area contributed by atoms with Gasteiger partial charge in [0.15, 0.2) is 0 Å². The molecule has 0 heterocycles. The quantitative estimate of drug-likeness (QED) is 0.717. The lowest BCUT2D eigenvalue weighted by atomic mass is 10.1. The summed E-state index contributed by atoms with van der Waals surface area (Å²) in [7, 11) is 0.